The Morgan fingerprint density at radius 3 is 2.38 bits per heavy atom. The third kappa shape index (κ3) is 5.41. The second-order valence-electron chi connectivity index (χ2n) is 8.32. The molecule has 1 aliphatic heterocycles. The van der Waals surface area contributed by atoms with Gasteiger partial charge in [-0.05, 0) is 61.2 Å². The van der Waals surface area contributed by atoms with Gasteiger partial charge in [-0.15, -0.1) is 21.5 Å². The van der Waals surface area contributed by atoms with Crippen molar-refractivity contribution < 1.29 is 14.0 Å². The predicted molar refractivity (Wildman–Crippen MR) is 131 cm³/mol. The average molecular weight is 482 g/mol. The van der Waals surface area contributed by atoms with Gasteiger partial charge in [-0.1, -0.05) is 13.0 Å². The summed E-state index contributed by atoms with van der Waals surface area (Å²) < 4.78 is 13.1. The molecule has 2 amide bonds. The Hall–Kier alpha value is -3.33. The minimum Gasteiger partial charge on any atom is -0.352 e. The molecule has 0 N–H and O–H groups in total. The van der Waals surface area contributed by atoms with E-state index in [9.17, 15) is 14.0 Å². The molecule has 1 saturated heterocycles. The van der Waals surface area contributed by atoms with Crippen LogP contribution in [0.1, 0.15) is 29.9 Å². The lowest BCUT2D eigenvalue weighted by Gasteiger charge is -2.37. The summed E-state index contributed by atoms with van der Waals surface area (Å²) in [6.07, 6.45) is 0.782. The monoisotopic (exact) mass is 481 g/mol. The number of carbonyl (C=O) groups is 2. The molecule has 1 aromatic carbocycles. The Labute approximate surface area is 202 Å². The predicted octanol–water partition coefficient (Wildman–Crippen LogP) is 3.93. The fraction of sp³-hybridized carbons (Fsp3) is 0.360. The van der Waals surface area contributed by atoms with Crippen molar-refractivity contribution in [3.8, 4) is 11.3 Å². The van der Waals surface area contributed by atoms with Gasteiger partial charge in [-0.2, -0.15) is 0 Å². The van der Waals surface area contributed by atoms with E-state index in [-0.39, 0.29) is 30.2 Å². The van der Waals surface area contributed by atoms with E-state index in [1.807, 2.05) is 42.3 Å². The van der Waals surface area contributed by atoms with Gasteiger partial charge in [0.05, 0.1) is 10.6 Å². The molecule has 4 rings (SSSR count). The summed E-state index contributed by atoms with van der Waals surface area (Å²) in [6, 6.07) is 13.5. The van der Waals surface area contributed by atoms with Crippen molar-refractivity contribution in [2.75, 3.05) is 37.6 Å². The van der Waals surface area contributed by atoms with Gasteiger partial charge < -0.3 is 14.7 Å². The number of benzene rings is 1. The number of rotatable bonds is 7. The van der Waals surface area contributed by atoms with Crippen LogP contribution < -0.4 is 4.90 Å². The first-order valence-corrected chi connectivity index (χ1v) is 12.3. The number of piperazine rings is 1. The summed E-state index contributed by atoms with van der Waals surface area (Å²) in [5.41, 5.74) is 1.48. The Bertz CT molecular complexity index is 1100. The summed E-state index contributed by atoms with van der Waals surface area (Å²) in [6.45, 7) is 6.47. The number of hydrogen-bond acceptors (Lipinski definition) is 6. The third-order valence-electron chi connectivity index (χ3n) is 6.17. The highest BCUT2D eigenvalue weighted by atomic mass is 32.1. The highest BCUT2D eigenvalue weighted by Gasteiger charge is 2.28. The van der Waals surface area contributed by atoms with Gasteiger partial charge in [0, 0.05) is 37.8 Å². The zero-order valence-electron chi connectivity index (χ0n) is 19.4. The van der Waals surface area contributed by atoms with Crippen LogP contribution in [0.25, 0.3) is 11.3 Å². The third-order valence-corrected chi connectivity index (χ3v) is 7.03. The van der Waals surface area contributed by atoms with Gasteiger partial charge in [-0.25, -0.2) is 4.39 Å². The van der Waals surface area contributed by atoms with Gasteiger partial charge in [0.1, 0.15) is 12.4 Å². The molecule has 3 aromatic rings. The molecule has 0 radical (unpaired) electrons. The van der Waals surface area contributed by atoms with Crippen LogP contribution in [0.2, 0.25) is 0 Å². The molecule has 2 aromatic heterocycles. The van der Waals surface area contributed by atoms with Gasteiger partial charge >= 0.3 is 0 Å². The number of nitrogens with zero attached hydrogens (tertiary/aromatic N) is 5. The number of anilines is 1. The molecule has 9 heteroatoms. The van der Waals surface area contributed by atoms with E-state index in [2.05, 4.69) is 15.1 Å². The van der Waals surface area contributed by atoms with Crippen molar-refractivity contribution in [3.63, 3.8) is 0 Å². The molecule has 3 heterocycles. The van der Waals surface area contributed by atoms with Crippen LogP contribution in [0.15, 0.2) is 53.9 Å². The smallest absolute Gasteiger partial charge is 0.264 e. The Kier molecular flexibility index (Phi) is 7.52. The number of carbonyl (C=O) groups excluding carboxylic acids is 2. The van der Waals surface area contributed by atoms with Gasteiger partial charge in [-0.3, -0.25) is 9.59 Å². The fourth-order valence-electron chi connectivity index (χ4n) is 3.89. The maximum atomic E-state index is 13.1. The summed E-state index contributed by atoms with van der Waals surface area (Å²) in [7, 11) is 0. The van der Waals surface area contributed by atoms with E-state index >= 15 is 0 Å². The zero-order valence-corrected chi connectivity index (χ0v) is 20.2. The van der Waals surface area contributed by atoms with Crippen molar-refractivity contribution in [1.82, 2.24) is 20.0 Å². The van der Waals surface area contributed by atoms with Crippen LogP contribution in [0, 0.1) is 5.82 Å². The van der Waals surface area contributed by atoms with E-state index < -0.39 is 0 Å². The van der Waals surface area contributed by atoms with E-state index in [1.165, 1.54) is 23.5 Å². The molecule has 1 fully saturated rings. The zero-order chi connectivity index (χ0) is 24.1. The van der Waals surface area contributed by atoms with Gasteiger partial charge in [0.15, 0.2) is 5.82 Å². The molecular formula is C25H28FN5O2S. The largest absolute Gasteiger partial charge is 0.352 e. The van der Waals surface area contributed by atoms with Gasteiger partial charge in [0.2, 0.25) is 5.91 Å². The molecule has 34 heavy (non-hydrogen) atoms. The molecule has 0 saturated carbocycles. The summed E-state index contributed by atoms with van der Waals surface area (Å²) in [5, 5.41) is 10.5. The molecule has 0 bridgehead atoms. The summed E-state index contributed by atoms with van der Waals surface area (Å²) in [5.74, 6) is 0.325. The molecule has 1 atom stereocenters. The minimum atomic E-state index is -0.288. The lowest BCUT2D eigenvalue weighted by molar-refractivity contribution is -0.132. The van der Waals surface area contributed by atoms with Crippen molar-refractivity contribution in [1.29, 1.82) is 0 Å². The second-order valence-corrected chi connectivity index (χ2v) is 9.27. The summed E-state index contributed by atoms with van der Waals surface area (Å²) >= 11 is 1.40. The fourth-order valence-corrected chi connectivity index (χ4v) is 4.57. The SMILES string of the molecule is CC[C@H](C)N(CC(=O)N1CCN(c2ccc(-c3ccc(F)cc3)nn2)CC1)C(=O)c1cccs1. The van der Waals surface area contributed by atoms with Crippen molar-refractivity contribution in [3.05, 3.63) is 64.6 Å². The Morgan fingerprint density at radius 1 is 1.06 bits per heavy atom. The van der Waals surface area contributed by atoms with Crippen LogP contribution >= 0.6 is 11.3 Å². The average Bonchev–Trinajstić information content (AvgIpc) is 3.42. The normalized spacial score (nSPS) is 14.7. The number of aromatic nitrogens is 2. The van der Waals surface area contributed by atoms with Crippen LogP contribution in [0.3, 0.4) is 0 Å². The maximum Gasteiger partial charge on any atom is 0.264 e. The molecule has 0 spiro atoms. The minimum absolute atomic E-state index is 0.0188. The first kappa shape index (κ1) is 23.8. The maximum absolute atomic E-state index is 13.1. The molecule has 7 nitrogen and oxygen atoms in total. The van der Waals surface area contributed by atoms with E-state index in [0.717, 1.165) is 17.8 Å². The van der Waals surface area contributed by atoms with Crippen LogP contribution in [-0.2, 0) is 4.79 Å². The van der Waals surface area contributed by atoms with Gasteiger partial charge in [0.25, 0.3) is 5.91 Å². The lowest BCUT2D eigenvalue weighted by Crippen LogP contribution is -2.53. The quantitative estimate of drug-likeness (QED) is 0.511. The lowest BCUT2D eigenvalue weighted by atomic mass is 10.1. The van der Waals surface area contributed by atoms with E-state index in [0.29, 0.717) is 36.8 Å². The van der Waals surface area contributed by atoms with E-state index in [1.54, 1.807) is 23.1 Å². The number of hydrogen-bond donors (Lipinski definition) is 0. The summed E-state index contributed by atoms with van der Waals surface area (Å²) in [4.78, 5) is 32.2. The topological polar surface area (TPSA) is 69.6 Å². The van der Waals surface area contributed by atoms with Crippen LogP contribution in [-0.4, -0.2) is 70.6 Å². The molecular weight excluding hydrogens is 453 g/mol. The number of amides is 2. The second kappa shape index (κ2) is 10.7. The Balaban J connectivity index is 1.34. The molecule has 0 aliphatic carbocycles. The first-order chi connectivity index (χ1) is 16.5. The van der Waals surface area contributed by atoms with Crippen LogP contribution in [0.5, 0.6) is 0 Å². The van der Waals surface area contributed by atoms with E-state index in [4.69, 9.17) is 0 Å². The van der Waals surface area contributed by atoms with Crippen molar-refractivity contribution >= 4 is 29.0 Å². The van der Waals surface area contributed by atoms with Crippen molar-refractivity contribution in [2.45, 2.75) is 26.3 Å². The Morgan fingerprint density at radius 2 is 1.79 bits per heavy atom. The van der Waals surface area contributed by atoms with Crippen LogP contribution in [0.4, 0.5) is 10.2 Å². The number of thiophene rings is 1. The molecule has 0 unspecified atom stereocenters. The molecule has 178 valence electrons. The highest BCUT2D eigenvalue weighted by Crippen LogP contribution is 2.20. The highest BCUT2D eigenvalue weighted by molar-refractivity contribution is 7.12. The first-order valence-electron chi connectivity index (χ1n) is 11.4. The van der Waals surface area contributed by atoms with Crippen molar-refractivity contribution in [2.24, 2.45) is 0 Å². The molecule has 1 aliphatic rings. The number of halogens is 1. The standard InChI is InChI=1S/C25H28FN5O2S/c1-3-18(2)31(25(33)22-5-4-16-34-22)17-24(32)30-14-12-29(13-15-30)23-11-10-21(27-28-23)19-6-8-20(26)9-7-19/h4-11,16,18H,3,12-15,17H2,1-2H3/t18-/m0/s1.